The fourth-order valence-corrected chi connectivity index (χ4v) is 4.63. The van der Waals surface area contributed by atoms with Gasteiger partial charge in [-0.05, 0) is 69.1 Å². The highest BCUT2D eigenvalue weighted by atomic mass is 32.1. The Balaban J connectivity index is 1.49. The van der Waals surface area contributed by atoms with Crippen LogP contribution in [0.5, 0.6) is 0 Å². The summed E-state index contributed by atoms with van der Waals surface area (Å²) in [6, 6.07) is 8.33. The van der Waals surface area contributed by atoms with Crippen LogP contribution in [-0.2, 0) is 4.74 Å². The number of nitrogens with zero attached hydrogens (tertiary/aromatic N) is 1. The average Bonchev–Trinajstić information content (AvgIpc) is 3.04. The van der Waals surface area contributed by atoms with Crippen molar-refractivity contribution in [2.45, 2.75) is 25.9 Å². The molecule has 3 aliphatic rings. The molecule has 1 aromatic carbocycles. The van der Waals surface area contributed by atoms with Crippen molar-refractivity contribution < 1.29 is 13.9 Å². The van der Waals surface area contributed by atoms with Gasteiger partial charge in [-0.15, -0.1) is 11.3 Å². The third-order valence-electron chi connectivity index (χ3n) is 5.08. The van der Waals surface area contributed by atoms with Crippen molar-refractivity contribution >= 4 is 23.1 Å². The first-order valence-electron chi connectivity index (χ1n) is 8.65. The average molecular weight is 360 g/mol. The Morgan fingerprint density at radius 3 is 2.72 bits per heavy atom. The molecule has 0 radical (unpaired) electrons. The SMILES string of the molecule is Cc1ccc(-c2cc(F)ccc2NC(=O)OC2CN3CCC2CC3)s1. The number of hydrogen-bond acceptors (Lipinski definition) is 4. The third kappa shape index (κ3) is 3.55. The van der Waals surface area contributed by atoms with Gasteiger partial charge >= 0.3 is 6.09 Å². The van der Waals surface area contributed by atoms with E-state index in [9.17, 15) is 9.18 Å². The molecule has 132 valence electrons. The summed E-state index contributed by atoms with van der Waals surface area (Å²) in [5.41, 5.74) is 1.26. The number of ether oxygens (including phenoxy) is 1. The zero-order valence-electron chi connectivity index (χ0n) is 14.1. The van der Waals surface area contributed by atoms with Gasteiger partial charge in [0.15, 0.2) is 0 Å². The van der Waals surface area contributed by atoms with Crippen LogP contribution in [0.4, 0.5) is 14.9 Å². The second-order valence-electron chi connectivity index (χ2n) is 6.81. The largest absolute Gasteiger partial charge is 0.444 e. The van der Waals surface area contributed by atoms with Crippen LogP contribution in [0.2, 0.25) is 0 Å². The van der Waals surface area contributed by atoms with E-state index in [-0.39, 0.29) is 11.9 Å². The van der Waals surface area contributed by atoms with Crippen molar-refractivity contribution in [1.82, 2.24) is 4.90 Å². The van der Waals surface area contributed by atoms with Crippen molar-refractivity contribution in [3.8, 4) is 10.4 Å². The van der Waals surface area contributed by atoms with Gasteiger partial charge in [0.1, 0.15) is 11.9 Å². The molecule has 1 unspecified atom stereocenters. The Bertz CT molecular complexity index is 783. The molecule has 4 nitrogen and oxygen atoms in total. The Labute approximate surface area is 150 Å². The van der Waals surface area contributed by atoms with Gasteiger partial charge in [0.05, 0.1) is 5.69 Å². The molecule has 6 heteroatoms. The van der Waals surface area contributed by atoms with Crippen LogP contribution in [0.1, 0.15) is 17.7 Å². The molecule has 1 atom stereocenters. The van der Waals surface area contributed by atoms with Crippen LogP contribution in [0, 0.1) is 18.7 Å². The number of rotatable bonds is 3. The lowest BCUT2D eigenvalue weighted by Crippen LogP contribution is -2.52. The molecule has 4 heterocycles. The zero-order chi connectivity index (χ0) is 17.4. The van der Waals surface area contributed by atoms with Crippen molar-refractivity contribution in [3.63, 3.8) is 0 Å². The van der Waals surface area contributed by atoms with Gasteiger partial charge in [0, 0.05) is 21.9 Å². The molecule has 25 heavy (non-hydrogen) atoms. The van der Waals surface area contributed by atoms with E-state index >= 15 is 0 Å². The number of piperidine rings is 3. The molecule has 0 saturated carbocycles. The van der Waals surface area contributed by atoms with Crippen molar-refractivity contribution in [1.29, 1.82) is 0 Å². The summed E-state index contributed by atoms with van der Waals surface area (Å²) in [6.07, 6.45) is 1.68. The summed E-state index contributed by atoms with van der Waals surface area (Å²) in [6.45, 7) is 5.03. The quantitative estimate of drug-likeness (QED) is 0.876. The van der Waals surface area contributed by atoms with Gasteiger partial charge in [-0.1, -0.05) is 0 Å². The zero-order valence-corrected chi connectivity index (χ0v) is 14.9. The number of amides is 1. The first-order valence-corrected chi connectivity index (χ1v) is 9.46. The number of carbonyl (C=O) groups excluding carboxylic acids is 1. The fraction of sp³-hybridized carbons (Fsp3) is 0.421. The number of hydrogen-bond donors (Lipinski definition) is 1. The Morgan fingerprint density at radius 1 is 1.28 bits per heavy atom. The number of benzene rings is 1. The summed E-state index contributed by atoms with van der Waals surface area (Å²) >= 11 is 1.57. The number of carbonyl (C=O) groups is 1. The minimum absolute atomic E-state index is 0.0459. The highest BCUT2D eigenvalue weighted by Crippen LogP contribution is 2.35. The lowest BCUT2D eigenvalue weighted by atomic mass is 9.86. The van der Waals surface area contributed by atoms with E-state index in [0.29, 0.717) is 17.2 Å². The van der Waals surface area contributed by atoms with Crippen molar-refractivity contribution in [2.75, 3.05) is 25.0 Å². The molecule has 3 aliphatic heterocycles. The first kappa shape index (κ1) is 16.5. The number of halogens is 1. The number of anilines is 1. The highest BCUT2D eigenvalue weighted by molar-refractivity contribution is 7.15. The minimum Gasteiger partial charge on any atom is -0.444 e. The normalized spacial score (nSPS) is 25.0. The number of thiophene rings is 1. The van der Waals surface area contributed by atoms with Crippen molar-refractivity contribution in [2.24, 2.45) is 5.92 Å². The summed E-state index contributed by atoms with van der Waals surface area (Å²) in [7, 11) is 0. The van der Waals surface area contributed by atoms with Crippen LogP contribution in [0.3, 0.4) is 0 Å². The van der Waals surface area contributed by atoms with Gasteiger partial charge in [-0.25, -0.2) is 9.18 Å². The van der Waals surface area contributed by atoms with E-state index in [1.807, 2.05) is 19.1 Å². The maximum atomic E-state index is 13.7. The Hall–Kier alpha value is -1.92. The summed E-state index contributed by atoms with van der Waals surface area (Å²) in [5.74, 6) is 0.140. The maximum Gasteiger partial charge on any atom is 0.411 e. The maximum absolute atomic E-state index is 13.7. The van der Waals surface area contributed by atoms with Gasteiger partial charge in [0.25, 0.3) is 0 Å². The van der Waals surface area contributed by atoms with E-state index in [0.717, 1.165) is 42.2 Å². The second kappa shape index (κ2) is 6.77. The second-order valence-corrected chi connectivity index (χ2v) is 8.09. The lowest BCUT2D eigenvalue weighted by molar-refractivity contribution is -0.0289. The van der Waals surface area contributed by atoms with E-state index in [4.69, 9.17) is 4.74 Å². The molecule has 1 aromatic heterocycles. The topological polar surface area (TPSA) is 41.6 Å². The molecule has 0 spiro atoms. The minimum atomic E-state index is -0.458. The number of aryl methyl sites for hydroxylation is 1. The molecule has 0 aliphatic carbocycles. The van der Waals surface area contributed by atoms with Gasteiger partial charge < -0.3 is 4.74 Å². The van der Waals surface area contributed by atoms with Crippen LogP contribution < -0.4 is 5.32 Å². The molecule has 1 amide bonds. The number of fused-ring (bicyclic) bond motifs is 3. The summed E-state index contributed by atoms with van der Waals surface area (Å²) in [5, 5.41) is 2.81. The van der Waals surface area contributed by atoms with Crippen LogP contribution >= 0.6 is 11.3 Å². The fourth-order valence-electron chi connectivity index (χ4n) is 3.73. The van der Waals surface area contributed by atoms with E-state index in [1.54, 1.807) is 17.4 Å². The van der Waals surface area contributed by atoms with E-state index in [2.05, 4.69) is 10.2 Å². The Kier molecular flexibility index (Phi) is 4.48. The number of nitrogens with one attached hydrogen (secondary N) is 1. The summed E-state index contributed by atoms with van der Waals surface area (Å²) < 4.78 is 19.4. The predicted molar refractivity (Wildman–Crippen MR) is 97.5 cm³/mol. The van der Waals surface area contributed by atoms with Gasteiger partial charge in [0.2, 0.25) is 0 Å². The molecular weight excluding hydrogens is 339 g/mol. The van der Waals surface area contributed by atoms with Crippen LogP contribution in [0.15, 0.2) is 30.3 Å². The third-order valence-corrected chi connectivity index (χ3v) is 6.11. The lowest BCUT2D eigenvalue weighted by Gasteiger charge is -2.43. The smallest absolute Gasteiger partial charge is 0.411 e. The van der Waals surface area contributed by atoms with Gasteiger partial charge in [-0.3, -0.25) is 10.2 Å². The predicted octanol–water partition coefficient (Wildman–Crippen LogP) is 4.51. The summed E-state index contributed by atoms with van der Waals surface area (Å²) in [4.78, 5) is 16.8. The van der Waals surface area contributed by atoms with Gasteiger partial charge in [-0.2, -0.15) is 0 Å². The first-order chi connectivity index (χ1) is 12.1. The molecular formula is C19H21FN2O2S. The Morgan fingerprint density at radius 2 is 2.08 bits per heavy atom. The molecule has 3 fully saturated rings. The standard InChI is InChI=1S/C19H21FN2O2S/c1-12-2-5-18(25-12)15-10-14(20)3-4-16(15)21-19(23)24-17-11-22-8-6-13(17)7-9-22/h2-5,10,13,17H,6-9,11H2,1H3,(H,21,23). The van der Waals surface area contributed by atoms with E-state index in [1.165, 1.54) is 12.1 Å². The molecule has 5 rings (SSSR count). The molecule has 1 N–H and O–H groups in total. The van der Waals surface area contributed by atoms with E-state index < -0.39 is 6.09 Å². The highest BCUT2D eigenvalue weighted by Gasteiger charge is 2.36. The monoisotopic (exact) mass is 360 g/mol. The van der Waals surface area contributed by atoms with Crippen molar-refractivity contribution in [3.05, 3.63) is 41.0 Å². The molecule has 2 bridgehead atoms. The van der Waals surface area contributed by atoms with Crippen LogP contribution in [-0.4, -0.2) is 36.7 Å². The molecule has 2 aromatic rings. The molecule has 3 saturated heterocycles. The van der Waals surface area contributed by atoms with Crippen LogP contribution in [0.25, 0.3) is 10.4 Å².